The maximum absolute atomic E-state index is 5.61. The number of likely N-dealkylation sites (tertiary alicyclic amines) is 1. The van der Waals surface area contributed by atoms with Crippen molar-refractivity contribution in [1.29, 1.82) is 0 Å². The Morgan fingerprint density at radius 1 is 1.42 bits per heavy atom. The third kappa shape index (κ3) is 4.57. The molecule has 3 heterocycles. The van der Waals surface area contributed by atoms with Crippen LogP contribution in [-0.4, -0.2) is 83.6 Å². The molecule has 26 heavy (non-hydrogen) atoms. The van der Waals surface area contributed by atoms with Crippen LogP contribution < -0.4 is 5.32 Å². The summed E-state index contributed by atoms with van der Waals surface area (Å²) in [6, 6.07) is 0. The second-order valence-electron chi connectivity index (χ2n) is 7.97. The van der Waals surface area contributed by atoms with Crippen molar-refractivity contribution in [2.45, 2.75) is 38.6 Å². The molecule has 1 aromatic heterocycles. The standard InChI is InChI=1S/C19H34N6O/c1-5-20-18(21-7-9-25-10-11-26-15-19(25,2)3)24-8-6-16(14-24)17-12-22-23(4)13-17/h12-13,16H,5-11,14-15H2,1-4H3,(H,20,21). The van der Waals surface area contributed by atoms with Gasteiger partial charge in [-0.05, 0) is 32.8 Å². The molecule has 146 valence electrons. The van der Waals surface area contributed by atoms with Crippen LogP contribution in [0.1, 0.15) is 38.7 Å². The second kappa shape index (κ2) is 8.39. The number of morpholine rings is 1. The molecule has 1 N–H and O–H groups in total. The van der Waals surface area contributed by atoms with Gasteiger partial charge in [0.25, 0.3) is 0 Å². The monoisotopic (exact) mass is 362 g/mol. The fraction of sp³-hybridized carbons (Fsp3) is 0.789. The molecule has 0 amide bonds. The average Bonchev–Trinajstić information content (AvgIpc) is 3.24. The molecule has 2 aliphatic heterocycles. The van der Waals surface area contributed by atoms with Gasteiger partial charge < -0.3 is 15.0 Å². The van der Waals surface area contributed by atoms with Crippen LogP contribution in [0.4, 0.5) is 0 Å². The van der Waals surface area contributed by atoms with Crippen LogP contribution in [0.3, 0.4) is 0 Å². The van der Waals surface area contributed by atoms with Gasteiger partial charge >= 0.3 is 0 Å². The van der Waals surface area contributed by atoms with Crippen LogP contribution in [0.2, 0.25) is 0 Å². The molecule has 0 bridgehead atoms. The van der Waals surface area contributed by atoms with E-state index in [1.54, 1.807) is 0 Å². The average molecular weight is 363 g/mol. The third-order valence-electron chi connectivity index (χ3n) is 5.47. The SMILES string of the molecule is CCNC(=NCCN1CCOCC1(C)C)N1CCC(c2cnn(C)c2)C1. The van der Waals surface area contributed by atoms with Crippen LogP contribution in [0.15, 0.2) is 17.4 Å². The van der Waals surface area contributed by atoms with Crippen molar-refractivity contribution < 1.29 is 4.74 Å². The highest BCUT2D eigenvalue weighted by Crippen LogP contribution is 2.26. The minimum Gasteiger partial charge on any atom is -0.378 e. The van der Waals surface area contributed by atoms with E-state index in [-0.39, 0.29) is 5.54 Å². The Morgan fingerprint density at radius 3 is 2.96 bits per heavy atom. The van der Waals surface area contributed by atoms with Crippen LogP contribution in [0, 0.1) is 0 Å². The fourth-order valence-electron chi connectivity index (χ4n) is 3.88. The lowest BCUT2D eigenvalue weighted by Crippen LogP contribution is -2.53. The van der Waals surface area contributed by atoms with Crippen molar-refractivity contribution in [2.24, 2.45) is 12.0 Å². The maximum atomic E-state index is 5.61. The van der Waals surface area contributed by atoms with E-state index < -0.39 is 0 Å². The molecule has 1 atom stereocenters. The van der Waals surface area contributed by atoms with Crippen LogP contribution >= 0.6 is 0 Å². The Balaban J connectivity index is 1.57. The molecule has 0 aliphatic carbocycles. The van der Waals surface area contributed by atoms with Gasteiger partial charge in [-0.2, -0.15) is 5.10 Å². The van der Waals surface area contributed by atoms with Gasteiger partial charge in [-0.25, -0.2) is 0 Å². The van der Waals surface area contributed by atoms with E-state index in [9.17, 15) is 0 Å². The first-order valence-electron chi connectivity index (χ1n) is 9.84. The summed E-state index contributed by atoms with van der Waals surface area (Å²) in [5.41, 5.74) is 1.44. The molecule has 3 rings (SSSR count). The molecular weight excluding hydrogens is 328 g/mol. The van der Waals surface area contributed by atoms with Crippen molar-refractivity contribution in [3.63, 3.8) is 0 Å². The number of ether oxygens (including phenoxy) is 1. The highest BCUT2D eigenvalue weighted by molar-refractivity contribution is 5.80. The van der Waals surface area contributed by atoms with Crippen LogP contribution in [0.5, 0.6) is 0 Å². The molecular formula is C19H34N6O. The first-order chi connectivity index (χ1) is 12.5. The molecule has 0 saturated carbocycles. The smallest absolute Gasteiger partial charge is 0.193 e. The van der Waals surface area contributed by atoms with Crippen molar-refractivity contribution in [3.05, 3.63) is 18.0 Å². The molecule has 2 saturated heterocycles. The minimum atomic E-state index is 0.102. The summed E-state index contributed by atoms with van der Waals surface area (Å²) < 4.78 is 7.50. The first kappa shape index (κ1) is 19.2. The minimum absolute atomic E-state index is 0.102. The van der Waals surface area contributed by atoms with Gasteiger partial charge in [0.1, 0.15) is 0 Å². The van der Waals surface area contributed by atoms with Crippen molar-refractivity contribution in [3.8, 4) is 0 Å². The Kier molecular flexibility index (Phi) is 6.19. The van der Waals surface area contributed by atoms with Crippen molar-refractivity contribution >= 4 is 5.96 Å². The largest absolute Gasteiger partial charge is 0.378 e. The maximum Gasteiger partial charge on any atom is 0.193 e. The number of aromatic nitrogens is 2. The first-order valence-corrected chi connectivity index (χ1v) is 9.84. The lowest BCUT2D eigenvalue weighted by atomic mass is 10.0. The summed E-state index contributed by atoms with van der Waals surface area (Å²) in [6.07, 6.45) is 5.30. The van der Waals surface area contributed by atoms with E-state index in [1.165, 1.54) is 5.56 Å². The Morgan fingerprint density at radius 2 is 2.27 bits per heavy atom. The van der Waals surface area contributed by atoms with Crippen molar-refractivity contribution in [1.82, 2.24) is 24.9 Å². The van der Waals surface area contributed by atoms with Gasteiger partial charge in [-0.15, -0.1) is 0 Å². The molecule has 7 nitrogen and oxygen atoms in total. The predicted octanol–water partition coefficient (Wildman–Crippen LogP) is 1.29. The van der Waals surface area contributed by atoms with E-state index >= 15 is 0 Å². The van der Waals surface area contributed by atoms with Gasteiger partial charge in [-0.3, -0.25) is 14.6 Å². The zero-order valence-electron chi connectivity index (χ0n) is 16.7. The summed E-state index contributed by atoms with van der Waals surface area (Å²) in [7, 11) is 1.98. The number of hydrogen-bond donors (Lipinski definition) is 1. The third-order valence-corrected chi connectivity index (χ3v) is 5.47. The van der Waals surface area contributed by atoms with Crippen LogP contribution in [0.25, 0.3) is 0 Å². The predicted molar refractivity (Wildman–Crippen MR) is 105 cm³/mol. The van der Waals surface area contributed by atoms with Gasteiger partial charge in [0, 0.05) is 57.4 Å². The molecule has 2 fully saturated rings. The Hall–Kier alpha value is -1.60. The van der Waals surface area contributed by atoms with Crippen molar-refractivity contribution in [2.75, 3.05) is 52.5 Å². The molecule has 0 radical (unpaired) electrons. The summed E-state index contributed by atoms with van der Waals surface area (Å²) in [6.45, 7) is 14.0. The van der Waals surface area contributed by atoms with Gasteiger partial charge in [0.2, 0.25) is 0 Å². The number of aliphatic imine (C=N–C) groups is 1. The Labute approximate surface area is 157 Å². The summed E-state index contributed by atoms with van der Waals surface area (Å²) in [5, 5.41) is 7.79. The topological polar surface area (TPSA) is 57.9 Å². The second-order valence-corrected chi connectivity index (χ2v) is 7.97. The number of guanidine groups is 1. The lowest BCUT2D eigenvalue weighted by molar-refractivity contribution is -0.0491. The number of aryl methyl sites for hydroxylation is 1. The normalized spacial score (nSPS) is 24.2. The molecule has 0 spiro atoms. The number of rotatable bonds is 5. The zero-order chi connectivity index (χ0) is 18.6. The quantitative estimate of drug-likeness (QED) is 0.632. The van der Waals surface area contributed by atoms with E-state index in [4.69, 9.17) is 9.73 Å². The van der Waals surface area contributed by atoms with Gasteiger partial charge in [-0.1, -0.05) is 0 Å². The number of nitrogens with one attached hydrogen (secondary N) is 1. The van der Waals surface area contributed by atoms with E-state index in [0.29, 0.717) is 5.92 Å². The van der Waals surface area contributed by atoms with Crippen LogP contribution in [-0.2, 0) is 11.8 Å². The van der Waals surface area contributed by atoms with E-state index in [0.717, 1.165) is 64.9 Å². The van der Waals surface area contributed by atoms with Gasteiger partial charge in [0.05, 0.1) is 26.0 Å². The highest BCUT2D eigenvalue weighted by atomic mass is 16.5. The van der Waals surface area contributed by atoms with E-state index in [1.807, 2.05) is 17.9 Å². The zero-order valence-corrected chi connectivity index (χ0v) is 16.7. The summed E-state index contributed by atoms with van der Waals surface area (Å²) >= 11 is 0. The van der Waals surface area contributed by atoms with E-state index in [2.05, 4.69) is 47.2 Å². The summed E-state index contributed by atoms with van der Waals surface area (Å²) in [4.78, 5) is 9.80. The molecule has 1 unspecified atom stereocenters. The molecule has 1 aromatic rings. The lowest BCUT2D eigenvalue weighted by Gasteiger charge is -2.41. The highest BCUT2D eigenvalue weighted by Gasteiger charge is 2.30. The van der Waals surface area contributed by atoms with Gasteiger partial charge in [0.15, 0.2) is 5.96 Å². The fourth-order valence-corrected chi connectivity index (χ4v) is 3.88. The molecule has 0 aromatic carbocycles. The summed E-state index contributed by atoms with van der Waals surface area (Å²) in [5.74, 6) is 1.59. The molecule has 7 heteroatoms. The number of nitrogens with zero attached hydrogens (tertiary/aromatic N) is 5. The number of hydrogen-bond acceptors (Lipinski definition) is 4. The Bertz CT molecular complexity index is 611. The molecule has 2 aliphatic rings.